The summed E-state index contributed by atoms with van der Waals surface area (Å²) in [6.45, 7) is 0. The molecule has 0 heterocycles. The van der Waals surface area contributed by atoms with E-state index in [9.17, 15) is 9.59 Å². The fourth-order valence-electron chi connectivity index (χ4n) is 3.75. The summed E-state index contributed by atoms with van der Waals surface area (Å²) < 4.78 is 0. The summed E-state index contributed by atoms with van der Waals surface area (Å²) in [5.41, 5.74) is 2.11. The Hall–Kier alpha value is -4.15. The maximum Gasteiger partial charge on any atom is 0.255 e. The predicted octanol–water partition coefficient (Wildman–Crippen LogP) is 7.15. The maximum atomic E-state index is 12.7. The number of rotatable bonds is 4. The lowest BCUT2D eigenvalue weighted by molar-refractivity contribution is 0.101. The number of halogens is 1. The van der Waals surface area contributed by atoms with Crippen molar-refractivity contribution in [1.29, 1.82) is 0 Å². The molecule has 2 N–H and O–H groups in total. The molecule has 0 saturated heterocycles. The van der Waals surface area contributed by atoms with Crippen LogP contribution in [-0.4, -0.2) is 11.8 Å². The molecule has 0 radical (unpaired) electrons. The normalized spacial score (nSPS) is 10.8. The highest BCUT2D eigenvalue weighted by Gasteiger charge is 2.12. The van der Waals surface area contributed by atoms with Gasteiger partial charge in [0.05, 0.1) is 10.7 Å². The van der Waals surface area contributed by atoms with E-state index in [2.05, 4.69) is 10.6 Å². The van der Waals surface area contributed by atoms with E-state index in [4.69, 9.17) is 11.6 Å². The molecule has 0 aromatic heterocycles. The van der Waals surface area contributed by atoms with E-state index in [1.165, 1.54) is 0 Å². The molecular weight excluding hydrogens is 432 g/mol. The Balaban J connectivity index is 1.31. The van der Waals surface area contributed by atoms with Gasteiger partial charge in [-0.05, 0) is 64.0 Å². The first-order valence-corrected chi connectivity index (χ1v) is 10.8. The van der Waals surface area contributed by atoms with Crippen molar-refractivity contribution in [2.24, 2.45) is 0 Å². The lowest BCUT2D eigenvalue weighted by Crippen LogP contribution is -2.13. The van der Waals surface area contributed by atoms with Gasteiger partial charge < -0.3 is 10.6 Å². The van der Waals surface area contributed by atoms with Crippen LogP contribution in [0.5, 0.6) is 0 Å². The predicted molar refractivity (Wildman–Crippen MR) is 135 cm³/mol. The second-order valence-electron chi connectivity index (χ2n) is 7.73. The van der Waals surface area contributed by atoms with Gasteiger partial charge in [-0.2, -0.15) is 0 Å². The minimum atomic E-state index is -0.254. The van der Waals surface area contributed by atoms with Crippen LogP contribution in [0.1, 0.15) is 20.7 Å². The van der Waals surface area contributed by atoms with E-state index in [-0.39, 0.29) is 11.8 Å². The number of fused-ring (bicyclic) bond motifs is 2. The van der Waals surface area contributed by atoms with Crippen LogP contribution in [0, 0.1) is 0 Å². The molecule has 0 spiro atoms. The van der Waals surface area contributed by atoms with Gasteiger partial charge in [0, 0.05) is 16.8 Å². The van der Waals surface area contributed by atoms with Crippen LogP contribution in [0.3, 0.4) is 0 Å². The van der Waals surface area contributed by atoms with Crippen LogP contribution in [0.2, 0.25) is 5.02 Å². The molecule has 5 rings (SSSR count). The summed E-state index contributed by atoms with van der Waals surface area (Å²) in [4.78, 5) is 25.4. The summed E-state index contributed by atoms with van der Waals surface area (Å²) in [5, 5.41) is 10.2. The molecule has 0 aliphatic rings. The molecule has 5 aromatic rings. The van der Waals surface area contributed by atoms with Crippen LogP contribution in [-0.2, 0) is 0 Å². The smallest absolute Gasteiger partial charge is 0.255 e. The Bertz CT molecular complexity index is 1530. The highest BCUT2D eigenvalue weighted by atomic mass is 35.5. The van der Waals surface area contributed by atoms with Crippen molar-refractivity contribution >= 4 is 56.3 Å². The van der Waals surface area contributed by atoms with Crippen LogP contribution < -0.4 is 10.6 Å². The van der Waals surface area contributed by atoms with E-state index in [1.54, 1.807) is 30.3 Å². The minimum absolute atomic E-state index is 0.232. The highest BCUT2D eigenvalue weighted by Crippen LogP contribution is 2.27. The number of benzene rings is 5. The third-order valence-corrected chi connectivity index (χ3v) is 5.81. The Kier molecular flexibility index (Phi) is 5.51. The summed E-state index contributed by atoms with van der Waals surface area (Å²) in [6.07, 6.45) is 0. The largest absolute Gasteiger partial charge is 0.322 e. The minimum Gasteiger partial charge on any atom is -0.322 e. The van der Waals surface area contributed by atoms with Gasteiger partial charge in [0.2, 0.25) is 0 Å². The molecule has 0 aliphatic carbocycles. The maximum absolute atomic E-state index is 12.7. The fourth-order valence-corrected chi connectivity index (χ4v) is 3.98. The number of anilines is 2. The van der Waals surface area contributed by atoms with Gasteiger partial charge in [-0.15, -0.1) is 0 Å². The molecule has 160 valence electrons. The molecule has 0 atom stereocenters. The fraction of sp³-hybridized carbons (Fsp3) is 0. The second kappa shape index (κ2) is 8.77. The topological polar surface area (TPSA) is 58.2 Å². The van der Waals surface area contributed by atoms with Crippen LogP contribution in [0.25, 0.3) is 21.5 Å². The average molecular weight is 451 g/mol. The quantitative estimate of drug-likeness (QED) is 0.305. The Morgan fingerprint density at radius 2 is 1.06 bits per heavy atom. The van der Waals surface area contributed by atoms with Gasteiger partial charge in [0.15, 0.2) is 0 Å². The van der Waals surface area contributed by atoms with Crippen molar-refractivity contribution in [1.82, 2.24) is 0 Å². The third-order valence-electron chi connectivity index (χ3n) is 5.50. The number of amides is 2. The SMILES string of the molecule is O=C(Nc1ccc(NC(=O)c2ccc3ccccc3c2)c(Cl)c1)c1ccc2ccccc2c1. The summed E-state index contributed by atoms with van der Waals surface area (Å²) in [7, 11) is 0. The molecule has 0 aliphatic heterocycles. The summed E-state index contributed by atoms with van der Waals surface area (Å²) in [5.74, 6) is -0.486. The van der Waals surface area contributed by atoms with Crippen LogP contribution in [0.15, 0.2) is 103 Å². The zero-order valence-electron chi connectivity index (χ0n) is 17.5. The van der Waals surface area contributed by atoms with E-state index < -0.39 is 0 Å². The summed E-state index contributed by atoms with van der Waals surface area (Å²) in [6, 6.07) is 31.8. The molecule has 0 unspecified atom stereocenters. The molecule has 33 heavy (non-hydrogen) atoms. The number of nitrogens with one attached hydrogen (secondary N) is 2. The van der Waals surface area contributed by atoms with Crippen molar-refractivity contribution < 1.29 is 9.59 Å². The van der Waals surface area contributed by atoms with Crippen molar-refractivity contribution in [2.45, 2.75) is 0 Å². The van der Waals surface area contributed by atoms with Crippen LogP contribution >= 0.6 is 11.6 Å². The number of carbonyl (C=O) groups is 2. The molecule has 0 fully saturated rings. The molecular formula is C28H19ClN2O2. The molecule has 4 nitrogen and oxygen atoms in total. The van der Waals surface area contributed by atoms with Gasteiger partial charge in [-0.25, -0.2) is 0 Å². The van der Waals surface area contributed by atoms with Gasteiger partial charge in [0.25, 0.3) is 11.8 Å². The van der Waals surface area contributed by atoms with Crippen molar-refractivity contribution in [3.05, 3.63) is 119 Å². The molecule has 5 heteroatoms. The zero-order valence-corrected chi connectivity index (χ0v) is 18.3. The molecule has 2 amide bonds. The van der Waals surface area contributed by atoms with E-state index >= 15 is 0 Å². The number of hydrogen-bond donors (Lipinski definition) is 2. The highest BCUT2D eigenvalue weighted by molar-refractivity contribution is 6.34. The summed E-state index contributed by atoms with van der Waals surface area (Å²) >= 11 is 6.40. The second-order valence-corrected chi connectivity index (χ2v) is 8.13. The third kappa shape index (κ3) is 4.43. The molecule has 0 saturated carbocycles. The van der Waals surface area contributed by atoms with Crippen LogP contribution in [0.4, 0.5) is 11.4 Å². The Labute approximate surface area is 195 Å². The van der Waals surface area contributed by atoms with E-state index in [0.29, 0.717) is 27.5 Å². The van der Waals surface area contributed by atoms with Crippen molar-refractivity contribution in [3.63, 3.8) is 0 Å². The van der Waals surface area contributed by atoms with E-state index in [1.807, 2.05) is 72.8 Å². The van der Waals surface area contributed by atoms with Gasteiger partial charge >= 0.3 is 0 Å². The Morgan fingerprint density at radius 1 is 0.545 bits per heavy atom. The van der Waals surface area contributed by atoms with Crippen molar-refractivity contribution in [3.8, 4) is 0 Å². The lowest BCUT2D eigenvalue weighted by atomic mass is 10.1. The Morgan fingerprint density at radius 3 is 1.61 bits per heavy atom. The van der Waals surface area contributed by atoms with Gasteiger partial charge in [-0.3, -0.25) is 9.59 Å². The number of hydrogen-bond acceptors (Lipinski definition) is 2. The standard InChI is InChI=1S/C28H19ClN2O2/c29-25-17-24(30-27(32)22-11-9-18-5-1-3-7-20(18)15-22)13-14-26(25)31-28(33)23-12-10-19-6-2-4-8-21(19)16-23/h1-17H,(H,30,32)(H,31,33). The first kappa shape index (κ1) is 20.7. The van der Waals surface area contributed by atoms with Gasteiger partial charge in [0.1, 0.15) is 0 Å². The monoisotopic (exact) mass is 450 g/mol. The first-order valence-electron chi connectivity index (χ1n) is 10.5. The zero-order chi connectivity index (χ0) is 22.8. The molecule has 5 aromatic carbocycles. The van der Waals surface area contributed by atoms with Crippen molar-refractivity contribution in [2.75, 3.05) is 10.6 Å². The average Bonchev–Trinajstić information content (AvgIpc) is 2.85. The van der Waals surface area contributed by atoms with Gasteiger partial charge in [-0.1, -0.05) is 72.3 Å². The lowest BCUT2D eigenvalue weighted by Gasteiger charge is -2.11. The first-order chi connectivity index (χ1) is 16.1. The number of carbonyl (C=O) groups excluding carboxylic acids is 2. The van der Waals surface area contributed by atoms with E-state index in [0.717, 1.165) is 21.5 Å². The molecule has 0 bridgehead atoms.